The van der Waals surface area contributed by atoms with Gasteiger partial charge in [0.2, 0.25) is 0 Å². The molecule has 0 aromatic carbocycles. The van der Waals surface area contributed by atoms with Crippen molar-refractivity contribution in [3.63, 3.8) is 0 Å². The molecule has 2 atom stereocenters. The van der Waals surface area contributed by atoms with Gasteiger partial charge in [0, 0.05) is 12.6 Å². The van der Waals surface area contributed by atoms with E-state index in [2.05, 4.69) is 19.2 Å². The van der Waals surface area contributed by atoms with E-state index in [0.717, 1.165) is 13.2 Å². The van der Waals surface area contributed by atoms with Crippen molar-refractivity contribution in [2.24, 2.45) is 0 Å². The van der Waals surface area contributed by atoms with Crippen molar-refractivity contribution < 1.29 is 4.74 Å². The van der Waals surface area contributed by atoms with Gasteiger partial charge >= 0.3 is 0 Å². The zero-order valence-corrected chi connectivity index (χ0v) is 9.01. The molecule has 1 saturated heterocycles. The van der Waals surface area contributed by atoms with E-state index in [1.54, 1.807) is 0 Å². The van der Waals surface area contributed by atoms with E-state index in [9.17, 15) is 0 Å². The van der Waals surface area contributed by atoms with E-state index in [4.69, 9.17) is 4.74 Å². The van der Waals surface area contributed by atoms with Crippen molar-refractivity contribution in [3.8, 4) is 0 Å². The van der Waals surface area contributed by atoms with Gasteiger partial charge in [0.25, 0.3) is 0 Å². The van der Waals surface area contributed by atoms with Crippen molar-refractivity contribution in [1.82, 2.24) is 5.32 Å². The molecule has 0 aromatic rings. The first kappa shape index (κ1) is 11.0. The molecule has 2 nitrogen and oxygen atoms in total. The minimum Gasteiger partial charge on any atom is -0.378 e. The first-order valence-electron chi connectivity index (χ1n) is 5.68. The summed E-state index contributed by atoms with van der Waals surface area (Å²) >= 11 is 0. The van der Waals surface area contributed by atoms with Gasteiger partial charge in [0.15, 0.2) is 0 Å². The smallest absolute Gasteiger partial charge is 0.0590 e. The second-order valence-corrected chi connectivity index (χ2v) is 4.08. The number of hydrogen-bond donors (Lipinski definition) is 1. The van der Waals surface area contributed by atoms with Gasteiger partial charge in [-0.3, -0.25) is 0 Å². The van der Waals surface area contributed by atoms with Crippen molar-refractivity contribution in [1.29, 1.82) is 0 Å². The lowest BCUT2D eigenvalue weighted by Gasteiger charge is -2.17. The summed E-state index contributed by atoms with van der Waals surface area (Å²) < 4.78 is 5.59. The van der Waals surface area contributed by atoms with Crippen LogP contribution in [-0.2, 0) is 4.74 Å². The summed E-state index contributed by atoms with van der Waals surface area (Å²) in [4.78, 5) is 0. The maximum absolute atomic E-state index is 5.59. The van der Waals surface area contributed by atoms with Crippen LogP contribution in [0.5, 0.6) is 0 Å². The molecule has 2 unspecified atom stereocenters. The molecule has 0 bridgehead atoms. The molecule has 1 heterocycles. The molecule has 13 heavy (non-hydrogen) atoms. The van der Waals surface area contributed by atoms with E-state index in [-0.39, 0.29) is 0 Å². The molecule has 1 aliphatic heterocycles. The third-order valence-electron chi connectivity index (χ3n) is 2.66. The Hall–Kier alpha value is -0.0800. The highest BCUT2D eigenvalue weighted by atomic mass is 16.5. The molecule has 1 fully saturated rings. The summed E-state index contributed by atoms with van der Waals surface area (Å²) in [5, 5.41) is 3.53. The number of nitrogens with one attached hydrogen (secondary N) is 1. The van der Waals surface area contributed by atoms with Crippen LogP contribution in [0.3, 0.4) is 0 Å². The highest BCUT2D eigenvalue weighted by molar-refractivity contribution is 4.71. The van der Waals surface area contributed by atoms with Gasteiger partial charge < -0.3 is 10.1 Å². The zero-order chi connectivity index (χ0) is 9.52. The van der Waals surface area contributed by atoms with Crippen LogP contribution in [0.25, 0.3) is 0 Å². The van der Waals surface area contributed by atoms with Crippen molar-refractivity contribution in [2.45, 2.75) is 58.1 Å². The number of unbranched alkanes of at least 4 members (excludes halogenated alkanes) is 1. The molecule has 0 radical (unpaired) electrons. The van der Waals surface area contributed by atoms with Gasteiger partial charge in [-0.05, 0) is 39.2 Å². The van der Waals surface area contributed by atoms with E-state index >= 15 is 0 Å². The molecule has 1 aliphatic rings. The van der Waals surface area contributed by atoms with Gasteiger partial charge in [-0.15, -0.1) is 0 Å². The van der Waals surface area contributed by atoms with Crippen LogP contribution in [0.2, 0.25) is 0 Å². The van der Waals surface area contributed by atoms with E-state index in [1.807, 2.05) is 0 Å². The molecule has 0 aromatic heterocycles. The third kappa shape index (κ3) is 4.63. The summed E-state index contributed by atoms with van der Waals surface area (Å²) in [6.07, 6.45) is 6.80. The fraction of sp³-hybridized carbons (Fsp3) is 1.00. The first-order valence-corrected chi connectivity index (χ1v) is 5.68. The molecule has 1 rings (SSSR count). The molecule has 0 saturated carbocycles. The molecule has 2 heteroatoms. The molecule has 1 N–H and O–H groups in total. The van der Waals surface area contributed by atoms with Crippen LogP contribution in [-0.4, -0.2) is 25.3 Å². The lowest BCUT2D eigenvalue weighted by atomic mass is 10.1. The number of ether oxygens (including phenoxy) is 1. The van der Waals surface area contributed by atoms with Crippen LogP contribution in [0.15, 0.2) is 0 Å². The van der Waals surface area contributed by atoms with E-state index in [1.165, 1.54) is 32.1 Å². The lowest BCUT2D eigenvalue weighted by molar-refractivity contribution is 0.0963. The molecule has 0 amide bonds. The second kappa shape index (κ2) is 6.39. The minimum absolute atomic E-state index is 0.532. The molecular weight excluding hydrogens is 162 g/mol. The van der Waals surface area contributed by atoms with Gasteiger partial charge in [-0.25, -0.2) is 0 Å². The number of hydrogen-bond acceptors (Lipinski definition) is 2. The summed E-state index contributed by atoms with van der Waals surface area (Å²) in [6, 6.07) is 0.620. The highest BCUT2D eigenvalue weighted by Gasteiger charge is 2.17. The van der Waals surface area contributed by atoms with E-state index < -0.39 is 0 Å². The van der Waals surface area contributed by atoms with Gasteiger partial charge in [0.05, 0.1) is 6.10 Å². The van der Waals surface area contributed by atoms with Gasteiger partial charge in [-0.1, -0.05) is 13.3 Å². The van der Waals surface area contributed by atoms with Crippen LogP contribution in [0.4, 0.5) is 0 Å². The molecular formula is C11H23NO. The summed E-state index contributed by atoms with van der Waals surface area (Å²) in [7, 11) is 0. The van der Waals surface area contributed by atoms with Crippen LogP contribution < -0.4 is 5.32 Å². The Balaban J connectivity index is 1.99. The van der Waals surface area contributed by atoms with E-state index in [0.29, 0.717) is 12.1 Å². The Labute approximate surface area is 82.0 Å². The fourth-order valence-electron chi connectivity index (χ4n) is 1.83. The lowest BCUT2D eigenvalue weighted by Crippen LogP contribution is -2.30. The summed E-state index contributed by atoms with van der Waals surface area (Å²) in [6.45, 7) is 6.63. The first-order chi connectivity index (χ1) is 6.33. The molecule has 0 spiro atoms. The Kier molecular flexibility index (Phi) is 5.40. The third-order valence-corrected chi connectivity index (χ3v) is 2.66. The van der Waals surface area contributed by atoms with Crippen molar-refractivity contribution >= 4 is 0 Å². The SMILES string of the molecule is CCCCNC(C)CC1CCCO1. The highest BCUT2D eigenvalue weighted by Crippen LogP contribution is 2.16. The maximum Gasteiger partial charge on any atom is 0.0590 e. The molecule has 78 valence electrons. The van der Waals surface area contributed by atoms with Crippen molar-refractivity contribution in [3.05, 3.63) is 0 Å². The summed E-state index contributed by atoms with van der Waals surface area (Å²) in [5.41, 5.74) is 0. The molecule has 0 aliphatic carbocycles. The predicted molar refractivity (Wildman–Crippen MR) is 56.0 cm³/mol. The quantitative estimate of drug-likeness (QED) is 0.641. The monoisotopic (exact) mass is 185 g/mol. The average molecular weight is 185 g/mol. The Morgan fingerprint density at radius 1 is 1.54 bits per heavy atom. The minimum atomic E-state index is 0.532. The second-order valence-electron chi connectivity index (χ2n) is 4.08. The summed E-state index contributed by atoms with van der Waals surface area (Å²) in [5.74, 6) is 0. The largest absolute Gasteiger partial charge is 0.378 e. The zero-order valence-electron chi connectivity index (χ0n) is 9.01. The Bertz CT molecular complexity index is 121. The van der Waals surface area contributed by atoms with Crippen LogP contribution in [0.1, 0.15) is 46.0 Å². The van der Waals surface area contributed by atoms with Gasteiger partial charge in [-0.2, -0.15) is 0 Å². The standard InChI is InChI=1S/C11H23NO/c1-3-4-7-12-10(2)9-11-6-5-8-13-11/h10-12H,3-9H2,1-2H3. The predicted octanol–water partition coefficient (Wildman–Crippen LogP) is 2.33. The number of rotatable bonds is 6. The topological polar surface area (TPSA) is 21.3 Å². The van der Waals surface area contributed by atoms with Gasteiger partial charge in [0.1, 0.15) is 0 Å². The normalized spacial score (nSPS) is 24.9. The van der Waals surface area contributed by atoms with Crippen LogP contribution in [0, 0.1) is 0 Å². The Morgan fingerprint density at radius 3 is 3.00 bits per heavy atom. The van der Waals surface area contributed by atoms with Crippen LogP contribution >= 0.6 is 0 Å². The average Bonchev–Trinajstić information content (AvgIpc) is 2.57. The van der Waals surface area contributed by atoms with Crippen molar-refractivity contribution in [2.75, 3.05) is 13.2 Å². The maximum atomic E-state index is 5.59. The Morgan fingerprint density at radius 2 is 2.38 bits per heavy atom. The fourth-order valence-corrected chi connectivity index (χ4v) is 1.83.